The Morgan fingerprint density at radius 3 is 2.58 bits per heavy atom. The molecule has 1 aromatic rings. The minimum Gasteiger partial charge on any atom is -0.376 e. The van der Waals surface area contributed by atoms with E-state index in [0.29, 0.717) is 6.04 Å². The molecule has 5 nitrogen and oxygen atoms in total. The number of hydrogen-bond acceptors (Lipinski definition) is 3. The minimum atomic E-state index is -0.102. The van der Waals surface area contributed by atoms with Crippen molar-refractivity contribution in [2.75, 3.05) is 25.5 Å². The first-order chi connectivity index (χ1) is 9.15. The average molecular weight is 261 g/mol. The van der Waals surface area contributed by atoms with Crippen LogP contribution in [-0.4, -0.2) is 42.9 Å². The third-order valence-electron chi connectivity index (χ3n) is 2.97. The van der Waals surface area contributed by atoms with Crippen molar-refractivity contribution in [3.63, 3.8) is 0 Å². The smallest absolute Gasteiger partial charge is 0.242 e. The number of carbonyl (C=O) groups excluding carboxylic acids is 2. The molecule has 0 aliphatic heterocycles. The molecule has 1 fully saturated rings. The van der Waals surface area contributed by atoms with E-state index in [2.05, 4.69) is 10.6 Å². The number of anilines is 1. The number of hydrogen-bond donors (Lipinski definition) is 2. The highest BCUT2D eigenvalue weighted by Crippen LogP contribution is 2.18. The molecule has 102 valence electrons. The summed E-state index contributed by atoms with van der Waals surface area (Å²) in [5.74, 6) is -0.187. The Kier molecular flexibility index (Phi) is 4.39. The monoisotopic (exact) mass is 261 g/mol. The maximum absolute atomic E-state index is 11.8. The number of amides is 2. The standard InChI is InChI=1S/C14H19N3O2/c1-17(10-13(18)16-12-7-8-12)14(19)9-15-11-5-3-2-4-6-11/h2-6,12,15H,7-10H2,1H3,(H,16,18). The van der Waals surface area contributed by atoms with Crippen molar-refractivity contribution in [1.82, 2.24) is 10.2 Å². The molecular formula is C14H19N3O2. The first kappa shape index (κ1) is 13.4. The molecule has 0 atom stereocenters. The topological polar surface area (TPSA) is 61.4 Å². The predicted molar refractivity (Wildman–Crippen MR) is 73.7 cm³/mol. The molecule has 0 radical (unpaired) electrons. The molecule has 2 amide bonds. The molecule has 1 aliphatic carbocycles. The van der Waals surface area contributed by atoms with Gasteiger partial charge in [-0.15, -0.1) is 0 Å². The van der Waals surface area contributed by atoms with Gasteiger partial charge in [0.25, 0.3) is 0 Å². The summed E-state index contributed by atoms with van der Waals surface area (Å²) in [4.78, 5) is 24.8. The highest BCUT2D eigenvalue weighted by molar-refractivity contribution is 5.86. The summed E-state index contributed by atoms with van der Waals surface area (Å²) in [7, 11) is 1.64. The van der Waals surface area contributed by atoms with Crippen LogP contribution in [0, 0.1) is 0 Å². The van der Waals surface area contributed by atoms with Gasteiger partial charge in [-0.3, -0.25) is 9.59 Å². The summed E-state index contributed by atoms with van der Waals surface area (Å²) in [5, 5.41) is 5.89. The third kappa shape index (κ3) is 4.62. The second-order valence-corrected chi connectivity index (χ2v) is 4.81. The van der Waals surface area contributed by atoms with E-state index >= 15 is 0 Å². The van der Waals surface area contributed by atoms with Crippen molar-refractivity contribution in [3.05, 3.63) is 30.3 Å². The molecule has 1 aromatic carbocycles. The molecule has 2 N–H and O–H groups in total. The van der Waals surface area contributed by atoms with Gasteiger partial charge in [0.2, 0.25) is 11.8 Å². The highest BCUT2D eigenvalue weighted by atomic mass is 16.2. The van der Waals surface area contributed by atoms with Crippen molar-refractivity contribution in [3.8, 4) is 0 Å². The van der Waals surface area contributed by atoms with Crippen LogP contribution in [0.15, 0.2) is 30.3 Å². The van der Waals surface area contributed by atoms with Crippen LogP contribution >= 0.6 is 0 Å². The fourth-order valence-corrected chi connectivity index (χ4v) is 1.67. The fourth-order valence-electron chi connectivity index (χ4n) is 1.67. The minimum absolute atomic E-state index is 0.0851. The molecular weight excluding hydrogens is 242 g/mol. The van der Waals surface area contributed by atoms with Gasteiger partial charge in [-0.05, 0) is 25.0 Å². The molecule has 0 aromatic heterocycles. The first-order valence-corrected chi connectivity index (χ1v) is 6.47. The van der Waals surface area contributed by atoms with E-state index in [9.17, 15) is 9.59 Å². The summed E-state index contributed by atoms with van der Waals surface area (Å²) in [5.41, 5.74) is 0.895. The van der Waals surface area contributed by atoms with Crippen LogP contribution in [0.3, 0.4) is 0 Å². The summed E-state index contributed by atoms with van der Waals surface area (Å²) in [6, 6.07) is 9.85. The zero-order valence-electron chi connectivity index (χ0n) is 11.1. The van der Waals surface area contributed by atoms with Gasteiger partial charge in [-0.2, -0.15) is 0 Å². The molecule has 19 heavy (non-hydrogen) atoms. The van der Waals surface area contributed by atoms with E-state index in [-0.39, 0.29) is 24.9 Å². The summed E-state index contributed by atoms with van der Waals surface area (Å²) in [6.07, 6.45) is 2.11. The van der Waals surface area contributed by atoms with Gasteiger partial charge < -0.3 is 15.5 Å². The lowest BCUT2D eigenvalue weighted by Gasteiger charge is -2.17. The van der Waals surface area contributed by atoms with Crippen molar-refractivity contribution in [2.24, 2.45) is 0 Å². The quantitative estimate of drug-likeness (QED) is 0.797. The van der Waals surface area contributed by atoms with Gasteiger partial charge >= 0.3 is 0 Å². The lowest BCUT2D eigenvalue weighted by Crippen LogP contribution is -2.41. The van der Waals surface area contributed by atoms with E-state index in [4.69, 9.17) is 0 Å². The Labute approximate surface area is 113 Å². The van der Waals surface area contributed by atoms with Crippen molar-refractivity contribution in [2.45, 2.75) is 18.9 Å². The van der Waals surface area contributed by atoms with Crippen molar-refractivity contribution < 1.29 is 9.59 Å². The second-order valence-electron chi connectivity index (χ2n) is 4.81. The summed E-state index contributed by atoms with van der Waals surface area (Å²) >= 11 is 0. The number of likely N-dealkylation sites (N-methyl/N-ethyl adjacent to an activating group) is 1. The highest BCUT2D eigenvalue weighted by Gasteiger charge is 2.24. The molecule has 0 unspecified atom stereocenters. The number of nitrogens with one attached hydrogen (secondary N) is 2. The van der Waals surface area contributed by atoms with Gasteiger partial charge in [0.1, 0.15) is 0 Å². The van der Waals surface area contributed by atoms with E-state index in [1.807, 2.05) is 30.3 Å². The number of carbonyl (C=O) groups is 2. The Morgan fingerprint density at radius 2 is 1.95 bits per heavy atom. The number of para-hydroxylation sites is 1. The molecule has 0 saturated heterocycles. The largest absolute Gasteiger partial charge is 0.376 e. The van der Waals surface area contributed by atoms with E-state index in [1.165, 1.54) is 4.90 Å². The third-order valence-corrected chi connectivity index (χ3v) is 2.97. The number of benzene rings is 1. The molecule has 0 bridgehead atoms. The van der Waals surface area contributed by atoms with Crippen LogP contribution in [0.5, 0.6) is 0 Å². The Bertz CT molecular complexity index is 443. The van der Waals surface area contributed by atoms with E-state index in [1.54, 1.807) is 7.05 Å². The Hall–Kier alpha value is -2.04. The van der Waals surface area contributed by atoms with E-state index < -0.39 is 0 Å². The normalized spacial score (nSPS) is 13.7. The maximum Gasteiger partial charge on any atom is 0.242 e. The second kappa shape index (κ2) is 6.22. The van der Waals surface area contributed by atoms with Crippen LogP contribution in [-0.2, 0) is 9.59 Å². The molecule has 2 rings (SSSR count). The van der Waals surface area contributed by atoms with Gasteiger partial charge in [-0.1, -0.05) is 18.2 Å². The number of rotatable bonds is 6. The lowest BCUT2D eigenvalue weighted by molar-refractivity contribution is -0.133. The van der Waals surface area contributed by atoms with Crippen LogP contribution in [0.25, 0.3) is 0 Å². The van der Waals surface area contributed by atoms with Gasteiger partial charge in [0.15, 0.2) is 0 Å². The summed E-state index contributed by atoms with van der Waals surface area (Å²) < 4.78 is 0. The Morgan fingerprint density at radius 1 is 1.26 bits per heavy atom. The molecule has 1 saturated carbocycles. The first-order valence-electron chi connectivity index (χ1n) is 6.47. The zero-order chi connectivity index (χ0) is 13.7. The van der Waals surface area contributed by atoms with Crippen molar-refractivity contribution in [1.29, 1.82) is 0 Å². The van der Waals surface area contributed by atoms with Crippen LogP contribution in [0.4, 0.5) is 5.69 Å². The summed E-state index contributed by atoms with van der Waals surface area (Å²) in [6.45, 7) is 0.309. The van der Waals surface area contributed by atoms with Crippen LogP contribution < -0.4 is 10.6 Å². The SMILES string of the molecule is CN(CC(=O)NC1CC1)C(=O)CNc1ccccc1. The van der Waals surface area contributed by atoms with Gasteiger partial charge in [0.05, 0.1) is 13.1 Å². The molecule has 5 heteroatoms. The Balaban J connectivity index is 1.71. The zero-order valence-corrected chi connectivity index (χ0v) is 11.1. The number of nitrogens with zero attached hydrogens (tertiary/aromatic N) is 1. The van der Waals surface area contributed by atoms with E-state index in [0.717, 1.165) is 18.5 Å². The lowest BCUT2D eigenvalue weighted by atomic mass is 10.3. The predicted octanol–water partition coefficient (Wildman–Crippen LogP) is 0.835. The van der Waals surface area contributed by atoms with Gasteiger partial charge in [0, 0.05) is 18.8 Å². The molecule has 1 aliphatic rings. The average Bonchev–Trinajstić information content (AvgIpc) is 3.20. The van der Waals surface area contributed by atoms with Crippen LogP contribution in [0.2, 0.25) is 0 Å². The molecule has 0 heterocycles. The fraction of sp³-hybridized carbons (Fsp3) is 0.429. The van der Waals surface area contributed by atoms with Crippen LogP contribution in [0.1, 0.15) is 12.8 Å². The molecule has 0 spiro atoms. The van der Waals surface area contributed by atoms with Crippen molar-refractivity contribution >= 4 is 17.5 Å². The van der Waals surface area contributed by atoms with Gasteiger partial charge in [-0.25, -0.2) is 0 Å². The maximum atomic E-state index is 11.8.